The molecule has 2 N–H and O–H groups in total. The highest BCUT2D eigenvalue weighted by atomic mass is 19.1. The Kier molecular flexibility index (Phi) is 5.37. The molecule has 138 valence electrons. The molecule has 26 heavy (non-hydrogen) atoms. The largest absolute Gasteiger partial charge is 0.488 e. The van der Waals surface area contributed by atoms with Crippen molar-refractivity contribution in [2.45, 2.75) is 32.4 Å². The third-order valence-corrected chi connectivity index (χ3v) is 4.44. The lowest BCUT2D eigenvalue weighted by Gasteiger charge is -2.32. The number of aromatic nitrogens is 1. The van der Waals surface area contributed by atoms with E-state index in [1.165, 1.54) is 12.1 Å². The topological polar surface area (TPSA) is 80.4 Å². The van der Waals surface area contributed by atoms with Crippen LogP contribution in [0.4, 0.5) is 4.39 Å². The third kappa shape index (κ3) is 4.11. The minimum absolute atomic E-state index is 0.0446. The summed E-state index contributed by atoms with van der Waals surface area (Å²) in [5.74, 6) is -0.491. The van der Waals surface area contributed by atoms with Crippen molar-refractivity contribution >= 4 is 5.91 Å². The molecule has 7 heteroatoms. The summed E-state index contributed by atoms with van der Waals surface area (Å²) in [6.07, 6.45) is 0.171. The Morgan fingerprint density at radius 3 is 2.92 bits per heavy atom. The highest BCUT2D eigenvalue weighted by Crippen LogP contribution is 2.19. The van der Waals surface area contributed by atoms with Crippen LogP contribution in [0.1, 0.15) is 28.0 Å². The number of pyridine rings is 1. The van der Waals surface area contributed by atoms with Gasteiger partial charge in [0.2, 0.25) is 0 Å². The number of nitrogens with one attached hydrogen (secondary N) is 2. The van der Waals surface area contributed by atoms with Gasteiger partial charge < -0.3 is 19.8 Å². The molecule has 0 radical (unpaired) electrons. The average molecular weight is 360 g/mol. The van der Waals surface area contributed by atoms with Gasteiger partial charge in [-0.15, -0.1) is 0 Å². The quantitative estimate of drug-likeness (QED) is 0.875. The second-order valence-corrected chi connectivity index (χ2v) is 6.38. The van der Waals surface area contributed by atoms with Gasteiger partial charge in [0.1, 0.15) is 23.2 Å². The molecule has 2 atom stereocenters. The van der Waals surface area contributed by atoms with Crippen LogP contribution in [0, 0.1) is 19.7 Å². The van der Waals surface area contributed by atoms with Crippen LogP contribution in [-0.4, -0.2) is 36.3 Å². The summed E-state index contributed by atoms with van der Waals surface area (Å²) in [6.45, 7) is 4.34. The van der Waals surface area contributed by atoms with Crippen molar-refractivity contribution in [3.8, 4) is 5.75 Å². The van der Waals surface area contributed by atoms with E-state index in [-0.39, 0.29) is 18.3 Å². The Balaban J connectivity index is 1.75. The fourth-order valence-electron chi connectivity index (χ4n) is 2.85. The first-order valence-corrected chi connectivity index (χ1v) is 8.45. The van der Waals surface area contributed by atoms with Gasteiger partial charge in [0.25, 0.3) is 11.5 Å². The monoisotopic (exact) mass is 360 g/mol. The standard InChI is InChI=1S/C19H21FN2O4/c1-11-8-15(18(23)21-12(11)2)19(24)22-16-10-25-7-6-17(16)26-14-5-3-4-13(20)9-14/h3-5,8-9,16-17H,6-7,10H2,1-2H3,(H,21,23)(H,22,24)/t16-,17+/m1/s1. The van der Waals surface area contributed by atoms with E-state index in [9.17, 15) is 14.0 Å². The summed E-state index contributed by atoms with van der Waals surface area (Å²) < 4.78 is 24.6. The normalized spacial score (nSPS) is 19.8. The van der Waals surface area contributed by atoms with Crippen LogP contribution in [0.15, 0.2) is 35.1 Å². The van der Waals surface area contributed by atoms with E-state index in [0.29, 0.717) is 18.8 Å². The summed E-state index contributed by atoms with van der Waals surface area (Å²) in [7, 11) is 0. The summed E-state index contributed by atoms with van der Waals surface area (Å²) in [5.41, 5.74) is 1.15. The highest BCUT2D eigenvalue weighted by molar-refractivity contribution is 5.94. The molecule has 2 aromatic rings. The van der Waals surface area contributed by atoms with Gasteiger partial charge >= 0.3 is 0 Å². The Morgan fingerprint density at radius 2 is 2.15 bits per heavy atom. The number of hydrogen-bond acceptors (Lipinski definition) is 4. The van der Waals surface area contributed by atoms with Crippen molar-refractivity contribution in [2.24, 2.45) is 0 Å². The van der Waals surface area contributed by atoms with E-state index in [4.69, 9.17) is 9.47 Å². The molecule has 1 saturated heterocycles. The van der Waals surface area contributed by atoms with E-state index >= 15 is 0 Å². The maximum absolute atomic E-state index is 13.4. The zero-order valence-electron chi connectivity index (χ0n) is 14.7. The Hall–Kier alpha value is -2.67. The van der Waals surface area contributed by atoms with Gasteiger partial charge in [-0.2, -0.15) is 0 Å². The van der Waals surface area contributed by atoms with Crippen molar-refractivity contribution in [2.75, 3.05) is 13.2 Å². The van der Waals surface area contributed by atoms with Crippen molar-refractivity contribution in [3.05, 3.63) is 63.3 Å². The molecule has 0 spiro atoms. The molecule has 1 amide bonds. The molecule has 2 heterocycles. The second-order valence-electron chi connectivity index (χ2n) is 6.38. The fourth-order valence-corrected chi connectivity index (χ4v) is 2.85. The van der Waals surface area contributed by atoms with Crippen LogP contribution >= 0.6 is 0 Å². The first kappa shape index (κ1) is 18.1. The molecule has 6 nitrogen and oxygen atoms in total. The van der Waals surface area contributed by atoms with Crippen LogP contribution in [-0.2, 0) is 4.74 Å². The van der Waals surface area contributed by atoms with Gasteiger partial charge in [0.15, 0.2) is 0 Å². The lowest BCUT2D eigenvalue weighted by molar-refractivity contribution is -0.00299. The van der Waals surface area contributed by atoms with E-state index in [2.05, 4.69) is 10.3 Å². The number of hydrogen-bond donors (Lipinski definition) is 2. The second kappa shape index (κ2) is 7.70. The predicted molar refractivity (Wildman–Crippen MR) is 94.0 cm³/mol. The number of rotatable bonds is 4. The van der Waals surface area contributed by atoms with E-state index in [1.54, 1.807) is 25.1 Å². The van der Waals surface area contributed by atoms with Gasteiger partial charge in [-0.3, -0.25) is 9.59 Å². The van der Waals surface area contributed by atoms with E-state index < -0.39 is 23.3 Å². The van der Waals surface area contributed by atoms with Gasteiger partial charge in [0.05, 0.1) is 19.3 Å². The molecule has 0 aliphatic carbocycles. The fraction of sp³-hybridized carbons (Fsp3) is 0.368. The third-order valence-electron chi connectivity index (χ3n) is 4.44. The molecule has 3 rings (SSSR count). The number of carbonyl (C=O) groups is 1. The molecule has 0 bridgehead atoms. The lowest BCUT2D eigenvalue weighted by Crippen LogP contribution is -2.52. The SMILES string of the molecule is Cc1cc(C(=O)N[C@@H]2COCC[C@@H]2Oc2cccc(F)c2)c(=O)[nH]c1C. The molecule has 1 aliphatic heterocycles. The summed E-state index contributed by atoms with van der Waals surface area (Å²) >= 11 is 0. The molecule has 1 aliphatic rings. The molecule has 1 fully saturated rings. The predicted octanol–water partition coefficient (Wildman–Crippen LogP) is 2.10. The molecular weight excluding hydrogens is 339 g/mol. The number of aromatic amines is 1. The molecule has 1 aromatic carbocycles. The number of ether oxygens (including phenoxy) is 2. The minimum atomic E-state index is -0.488. The molecule has 1 aromatic heterocycles. The van der Waals surface area contributed by atoms with Crippen LogP contribution in [0.25, 0.3) is 0 Å². The van der Waals surface area contributed by atoms with Crippen LogP contribution in [0.2, 0.25) is 0 Å². The van der Waals surface area contributed by atoms with Crippen LogP contribution in [0.3, 0.4) is 0 Å². The molecule has 0 unspecified atom stereocenters. The van der Waals surface area contributed by atoms with Gasteiger partial charge in [-0.05, 0) is 37.6 Å². The first-order valence-electron chi connectivity index (χ1n) is 8.45. The van der Waals surface area contributed by atoms with Gasteiger partial charge in [-0.1, -0.05) is 6.07 Å². The number of aryl methyl sites for hydroxylation is 2. The van der Waals surface area contributed by atoms with Crippen LogP contribution < -0.4 is 15.6 Å². The van der Waals surface area contributed by atoms with Gasteiger partial charge in [0, 0.05) is 18.2 Å². The number of benzene rings is 1. The Labute approximate surface area is 150 Å². The average Bonchev–Trinajstić information content (AvgIpc) is 2.60. The Bertz CT molecular complexity index is 865. The molecular formula is C19H21FN2O4. The maximum atomic E-state index is 13.4. The van der Waals surface area contributed by atoms with E-state index in [0.717, 1.165) is 11.3 Å². The van der Waals surface area contributed by atoms with Crippen LogP contribution in [0.5, 0.6) is 5.75 Å². The smallest absolute Gasteiger partial charge is 0.261 e. The number of H-pyrrole nitrogens is 1. The lowest BCUT2D eigenvalue weighted by atomic mass is 10.1. The zero-order valence-corrected chi connectivity index (χ0v) is 14.7. The maximum Gasteiger partial charge on any atom is 0.261 e. The molecule has 0 saturated carbocycles. The number of carbonyl (C=O) groups excluding carboxylic acids is 1. The number of halogens is 1. The summed E-state index contributed by atoms with van der Waals surface area (Å²) in [5, 5.41) is 2.80. The van der Waals surface area contributed by atoms with Crippen molar-refractivity contribution < 1.29 is 18.7 Å². The summed E-state index contributed by atoms with van der Waals surface area (Å²) in [4.78, 5) is 27.3. The number of amides is 1. The first-order chi connectivity index (χ1) is 12.4. The minimum Gasteiger partial charge on any atom is -0.488 e. The van der Waals surface area contributed by atoms with E-state index in [1.807, 2.05) is 6.92 Å². The van der Waals surface area contributed by atoms with Crippen molar-refractivity contribution in [1.82, 2.24) is 10.3 Å². The summed E-state index contributed by atoms with van der Waals surface area (Å²) in [6, 6.07) is 6.97. The zero-order chi connectivity index (χ0) is 18.7. The van der Waals surface area contributed by atoms with Crippen molar-refractivity contribution in [1.29, 1.82) is 0 Å². The Morgan fingerprint density at radius 1 is 1.35 bits per heavy atom. The highest BCUT2D eigenvalue weighted by Gasteiger charge is 2.30. The van der Waals surface area contributed by atoms with Crippen molar-refractivity contribution in [3.63, 3.8) is 0 Å². The van der Waals surface area contributed by atoms with Gasteiger partial charge in [-0.25, -0.2) is 4.39 Å².